The second kappa shape index (κ2) is 9.01. The standard InChI is InChI=1S/C25H23N3O4/c1-27(16-22(29)26-21-13-6-9-17-8-2-3-10-18(17)21)23(30)14-7-15-28-24(31)19-11-4-5-12-20(19)25(28)32/h2-6,8-13H,7,14-16H2,1H3,(H,26,29). The van der Waals surface area contributed by atoms with Gasteiger partial charge in [0.2, 0.25) is 11.8 Å². The first-order valence-electron chi connectivity index (χ1n) is 10.4. The van der Waals surface area contributed by atoms with E-state index in [1.807, 2.05) is 42.5 Å². The first-order chi connectivity index (χ1) is 15.5. The van der Waals surface area contributed by atoms with Gasteiger partial charge in [-0.3, -0.25) is 24.1 Å². The largest absolute Gasteiger partial charge is 0.336 e. The van der Waals surface area contributed by atoms with E-state index in [2.05, 4.69) is 5.32 Å². The number of rotatable bonds is 7. The number of anilines is 1. The normalized spacial score (nSPS) is 12.7. The van der Waals surface area contributed by atoms with E-state index in [1.54, 1.807) is 31.3 Å². The smallest absolute Gasteiger partial charge is 0.261 e. The summed E-state index contributed by atoms with van der Waals surface area (Å²) in [6.45, 7) is 0.0726. The van der Waals surface area contributed by atoms with Crippen LogP contribution in [0.4, 0.5) is 5.69 Å². The molecule has 0 saturated carbocycles. The molecule has 0 fully saturated rings. The van der Waals surface area contributed by atoms with Crippen molar-refractivity contribution < 1.29 is 19.2 Å². The number of amides is 4. The van der Waals surface area contributed by atoms with Gasteiger partial charge in [0.25, 0.3) is 11.8 Å². The Hall–Kier alpha value is -4.00. The van der Waals surface area contributed by atoms with Crippen molar-refractivity contribution in [1.82, 2.24) is 9.80 Å². The molecule has 1 N–H and O–H groups in total. The van der Waals surface area contributed by atoms with E-state index >= 15 is 0 Å². The molecule has 7 nitrogen and oxygen atoms in total. The van der Waals surface area contributed by atoms with E-state index in [0.717, 1.165) is 10.8 Å². The Morgan fingerprint density at radius 2 is 1.50 bits per heavy atom. The van der Waals surface area contributed by atoms with Gasteiger partial charge in [0.1, 0.15) is 0 Å². The first-order valence-corrected chi connectivity index (χ1v) is 10.4. The highest BCUT2D eigenvalue weighted by Gasteiger charge is 2.34. The number of benzene rings is 3. The zero-order valence-corrected chi connectivity index (χ0v) is 17.7. The molecule has 1 aliphatic rings. The van der Waals surface area contributed by atoms with Gasteiger partial charge in [-0.2, -0.15) is 0 Å². The second-order valence-corrected chi connectivity index (χ2v) is 7.74. The number of fused-ring (bicyclic) bond motifs is 2. The lowest BCUT2D eigenvalue weighted by molar-refractivity contribution is -0.133. The summed E-state index contributed by atoms with van der Waals surface area (Å²) in [6, 6.07) is 20.1. The highest BCUT2D eigenvalue weighted by atomic mass is 16.2. The van der Waals surface area contributed by atoms with Gasteiger partial charge in [-0.05, 0) is 30.0 Å². The average Bonchev–Trinajstić information content (AvgIpc) is 3.04. The van der Waals surface area contributed by atoms with Gasteiger partial charge in [0, 0.05) is 31.1 Å². The van der Waals surface area contributed by atoms with Crippen molar-refractivity contribution in [2.24, 2.45) is 0 Å². The number of nitrogens with zero attached hydrogens (tertiary/aromatic N) is 2. The third-order valence-electron chi connectivity index (χ3n) is 5.52. The van der Waals surface area contributed by atoms with Crippen molar-refractivity contribution in [2.45, 2.75) is 12.8 Å². The predicted molar refractivity (Wildman–Crippen MR) is 121 cm³/mol. The van der Waals surface area contributed by atoms with Gasteiger partial charge in [-0.1, -0.05) is 48.5 Å². The highest BCUT2D eigenvalue weighted by Crippen LogP contribution is 2.24. The number of hydrogen-bond donors (Lipinski definition) is 1. The molecule has 0 radical (unpaired) electrons. The Morgan fingerprint density at radius 3 is 2.22 bits per heavy atom. The maximum atomic E-state index is 12.5. The minimum Gasteiger partial charge on any atom is -0.336 e. The molecule has 7 heteroatoms. The molecule has 0 spiro atoms. The second-order valence-electron chi connectivity index (χ2n) is 7.74. The van der Waals surface area contributed by atoms with Gasteiger partial charge in [-0.25, -0.2) is 0 Å². The fraction of sp³-hybridized carbons (Fsp3) is 0.200. The van der Waals surface area contributed by atoms with Gasteiger partial charge in [0.05, 0.1) is 17.7 Å². The lowest BCUT2D eigenvalue weighted by Gasteiger charge is -2.18. The maximum absolute atomic E-state index is 12.5. The summed E-state index contributed by atoms with van der Waals surface area (Å²) in [4.78, 5) is 52.2. The third-order valence-corrected chi connectivity index (χ3v) is 5.52. The Labute approximate surface area is 185 Å². The van der Waals surface area contributed by atoms with E-state index in [9.17, 15) is 19.2 Å². The van der Waals surface area contributed by atoms with Crippen molar-refractivity contribution >= 4 is 40.1 Å². The minimum absolute atomic E-state index is 0.0882. The molecule has 3 aromatic rings. The number of carbonyl (C=O) groups is 4. The van der Waals surface area contributed by atoms with Crippen LogP contribution in [0.5, 0.6) is 0 Å². The molecule has 1 heterocycles. The van der Waals surface area contributed by atoms with Crippen LogP contribution in [0.2, 0.25) is 0 Å². The summed E-state index contributed by atoms with van der Waals surface area (Å²) in [6.07, 6.45) is 0.463. The van der Waals surface area contributed by atoms with Gasteiger partial charge < -0.3 is 10.2 Å². The van der Waals surface area contributed by atoms with Crippen LogP contribution < -0.4 is 5.32 Å². The summed E-state index contributed by atoms with van der Waals surface area (Å²) in [7, 11) is 1.56. The Kier molecular flexibility index (Phi) is 5.98. The van der Waals surface area contributed by atoms with Crippen molar-refractivity contribution in [3.05, 3.63) is 77.9 Å². The zero-order chi connectivity index (χ0) is 22.7. The van der Waals surface area contributed by atoms with Gasteiger partial charge in [0.15, 0.2) is 0 Å². The van der Waals surface area contributed by atoms with Crippen LogP contribution in [0.1, 0.15) is 33.6 Å². The van der Waals surface area contributed by atoms with Crippen LogP contribution in [0.3, 0.4) is 0 Å². The first kappa shape index (κ1) is 21.2. The van der Waals surface area contributed by atoms with E-state index in [1.165, 1.54) is 9.80 Å². The molecule has 1 aliphatic heterocycles. The van der Waals surface area contributed by atoms with Crippen LogP contribution in [-0.4, -0.2) is 53.6 Å². The average molecular weight is 429 g/mol. The van der Waals surface area contributed by atoms with E-state index in [0.29, 0.717) is 23.2 Å². The fourth-order valence-corrected chi connectivity index (χ4v) is 3.85. The predicted octanol–water partition coefficient (Wildman–Crippen LogP) is 3.31. The molecule has 4 amide bonds. The number of nitrogens with one attached hydrogen (secondary N) is 1. The molecule has 0 unspecified atom stereocenters. The molecule has 0 atom stereocenters. The number of likely N-dealkylation sites (N-methyl/N-ethyl adjacent to an activating group) is 1. The lowest BCUT2D eigenvalue weighted by Crippen LogP contribution is -2.36. The van der Waals surface area contributed by atoms with Gasteiger partial charge in [-0.15, -0.1) is 0 Å². The van der Waals surface area contributed by atoms with Crippen LogP contribution >= 0.6 is 0 Å². The van der Waals surface area contributed by atoms with Gasteiger partial charge >= 0.3 is 0 Å². The van der Waals surface area contributed by atoms with E-state index in [4.69, 9.17) is 0 Å². The third kappa shape index (κ3) is 4.23. The molecule has 4 rings (SSSR count). The minimum atomic E-state index is -0.333. The van der Waals surface area contributed by atoms with Crippen molar-refractivity contribution in [3.8, 4) is 0 Å². The van der Waals surface area contributed by atoms with Crippen LogP contribution in [0.25, 0.3) is 10.8 Å². The summed E-state index contributed by atoms with van der Waals surface area (Å²) in [5, 5.41) is 4.81. The molecule has 3 aromatic carbocycles. The molecule has 162 valence electrons. The highest BCUT2D eigenvalue weighted by molar-refractivity contribution is 6.21. The molecular formula is C25H23N3O4. The lowest BCUT2D eigenvalue weighted by atomic mass is 10.1. The number of imide groups is 1. The van der Waals surface area contributed by atoms with Crippen LogP contribution in [0.15, 0.2) is 66.7 Å². The SMILES string of the molecule is CN(CC(=O)Nc1cccc2ccccc12)C(=O)CCCN1C(=O)c2ccccc2C1=O. The summed E-state index contributed by atoms with van der Waals surface area (Å²) >= 11 is 0. The molecule has 0 aromatic heterocycles. The number of carbonyl (C=O) groups excluding carboxylic acids is 4. The Morgan fingerprint density at radius 1 is 0.875 bits per heavy atom. The van der Waals surface area contributed by atoms with Crippen LogP contribution in [0, 0.1) is 0 Å². The summed E-state index contributed by atoms with van der Waals surface area (Å²) < 4.78 is 0. The summed E-state index contributed by atoms with van der Waals surface area (Å²) in [5.74, 6) is -1.19. The Bertz CT molecular complexity index is 1180. The topological polar surface area (TPSA) is 86.8 Å². The summed E-state index contributed by atoms with van der Waals surface area (Å²) in [5.41, 5.74) is 1.48. The molecule has 0 saturated heterocycles. The number of hydrogen-bond acceptors (Lipinski definition) is 4. The van der Waals surface area contributed by atoms with Crippen molar-refractivity contribution in [1.29, 1.82) is 0 Å². The van der Waals surface area contributed by atoms with E-state index < -0.39 is 0 Å². The van der Waals surface area contributed by atoms with Crippen molar-refractivity contribution in [3.63, 3.8) is 0 Å². The molecule has 32 heavy (non-hydrogen) atoms. The molecule has 0 bridgehead atoms. The van der Waals surface area contributed by atoms with E-state index in [-0.39, 0.29) is 43.1 Å². The molecular weight excluding hydrogens is 406 g/mol. The zero-order valence-electron chi connectivity index (χ0n) is 17.7. The molecule has 0 aliphatic carbocycles. The maximum Gasteiger partial charge on any atom is 0.261 e. The Balaban J connectivity index is 1.28. The van der Waals surface area contributed by atoms with Crippen molar-refractivity contribution in [2.75, 3.05) is 25.5 Å². The monoisotopic (exact) mass is 429 g/mol. The van der Waals surface area contributed by atoms with Crippen LogP contribution in [-0.2, 0) is 9.59 Å². The quantitative estimate of drug-likeness (QED) is 0.584. The fourth-order valence-electron chi connectivity index (χ4n) is 3.85.